The van der Waals surface area contributed by atoms with Crippen molar-refractivity contribution in [2.24, 2.45) is 0 Å². The minimum absolute atomic E-state index is 0.0117. The number of amides is 2. The Hall–Kier alpha value is -2.32. The molecule has 0 aliphatic heterocycles. The summed E-state index contributed by atoms with van der Waals surface area (Å²) in [5.41, 5.74) is 0.517. The van der Waals surface area contributed by atoms with Crippen molar-refractivity contribution in [3.05, 3.63) is 53.3 Å². The number of carbonyl (C=O) groups excluding carboxylic acids is 2. The first-order chi connectivity index (χ1) is 14.6. The Kier molecular flexibility index (Phi) is 8.33. The lowest BCUT2D eigenvalue weighted by Gasteiger charge is -2.22. The summed E-state index contributed by atoms with van der Waals surface area (Å²) in [7, 11) is 0. The van der Waals surface area contributed by atoms with Crippen molar-refractivity contribution >= 4 is 35.2 Å². The summed E-state index contributed by atoms with van der Waals surface area (Å²) in [6, 6.07) is 6.96. The van der Waals surface area contributed by atoms with E-state index in [4.69, 9.17) is 11.6 Å². The molecule has 2 N–H and O–H groups in total. The zero-order valence-corrected chi connectivity index (χ0v) is 18.3. The Balaban J connectivity index is 1.55. The van der Waals surface area contributed by atoms with Gasteiger partial charge in [-0.2, -0.15) is 0 Å². The van der Waals surface area contributed by atoms with Crippen LogP contribution in [0.1, 0.15) is 48.3 Å². The van der Waals surface area contributed by atoms with E-state index in [9.17, 15) is 9.59 Å². The molecular formula is C21H26ClN5O2S. The van der Waals surface area contributed by atoms with E-state index in [0.29, 0.717) is 28.1 Å². The highest BCUT2D eigenvalue weighted by Gasteiger charge is 2.18. The van der Waals surface area contributed by atoms with E-state index in [1.807, 2.05) is 4.57 Å². The lowest BCUT2D eigenvalue weighted by molar-refractivity contribution is -0.119. The number of nitrogens with one attached hydrogen (secondary N) is 2. The van der Waals surface area contributed by atoms with Gasteiger partial charge in [0.1, 0.15) is 0 Å². The van der Waals surface area contributed by atoms with Crippen LogP contribution in [0.2, 0.25) is 5.02 Å². The zero-order valence-electron chi connectivity index (χ0n) is 16.8. The first-order valence-electron chi connectivity index (χ1n) is 10.1. The summed E-state index contributed by atoms with van der Waals surface area (Å²) in [5, 5.41) is 15.5. The van der Waals surface area contributed by atoms with Crippen molar-refractivity contribution in [1.29, 1.82) is 0 Å². The first-order valence-corrected chi connectivity index (χ1v) is 11.4. The fraction of sp³-hybridized carbons (Fsp3) is 0.429. The summed E-state index contributed by atoms with van der Waals surface area (Å²) in [4.78, 5) is 24.6. The topological polar surface area (TPSA) is 88.9 Å². The number of rotatable bonds is 9. The normalized spacial score (nSPS) is 14.3. The Morgan fingerprint density at radius 2 is 1.93 bits per heavy atom. The molecule has 2 amide bonds. The van der Waals surface area contributed by atoms with Crippen molar-refractivity contribution in [2.75, 3.05) is 5.75 Å². The third-order valence-electron chi connectivity index (χ3n) is 4.92. The van der Waals surface area contributed by atoms with Gasteiger partial charge in [0.2, 0.25) is 5.91 Å². The molecule has 1 saturated carbocycles. The van der Waals surface area contributed by atoms with Crippen LogP contribution < -0.4 is 10.6 Å². The highest BCUT2D eigenvalue weighted by molar-refractivity contribution is 7.99. The van der Waals surface area contributed by atoms with Gasteiger partial charge >= 0.3 is 0 Å². The molecule has 7 nitrogen and oxygen atoms in total. The van der Waals surface area contributed by atoms with Crippen molar-refractivity contribution in [3.63, 3.8) is 0 Å². The third-order valence-corrected chi connectivity index (χ3v) is 6.14. The number of thioether (sulfide) groups is 1. The molecule has 3 rings (SSSR count). The molecule has 0 saturated heterocycles. The van der Waals surface area contributed by atoms with Crippen molar-refractivity contribution < 1.29 is 9.59 Å². The van der Waals surface area contributed by atoms with Gasteiger partial charge in [-0.05, 0) is 37.1 Å². The highest BCUT2D eigenvalue weighted by atomic mass is 35.5. The fourth-order valence-corrected chi connectivity index (χ4v) is 4.28. The largest absolute Gasteiger partial charge is 0.353 e. The molecule has 30 heavy (non-hydrogen) atoms. The second-order valence-electron chi connectivity index (χ2n) is 7.18. The second kappa shape index (κ2) is 11.2. The van der Waals surface area contributed by atoms with Gasteiger partial charge in [0, 0.05) is 23.2 Å². The van der Waals surface area contributed by atoms with E-state index in [-0.39, 0.29) is 30.2 Å². The quantitative estimate of drug-likeness (QED) is 0.453. The average Bonchev–Trinajstić information content (AvgIpc) is 3.13. The van der Waals surface area contributed by atoms with Crippen LogP contribution in [0.15, 0.2) is 42.1 Å². The van der Waals surface area contributed by atoms with Gasteiger partial charge in [-0.3, -0.25) is 9.59 Å². The second-order valence-corrected chi connectivity index (χ2v) is 8.56. The number of aromatic nitrogens is 3. The minimum atomic E-state index is -0.221. The minimum Gasteiger partial charge on any atom is -0.353 e. The van der Waals surface area contributed by atoms with Crippen molar-refractivity contribution in [2.45, 2.75) is 56.4 Å². The van der Waals surface area contributed by atoms with Crippen LogP contribution in [-0.2, 0) is 17.9 Å². The lowest BCUT2D eigenvalue weighted by atomic mass is 9.95. The fourth-order valence-electron chi connectivity index (χ4n) is 3.38. The molecule has 1 aliphatic carbocycles. The third kappa shape index (κ3) is 6.34. The summed E-state index contributed by atoms with van der Waals surface area (Å²) in [6.45, 7) is 4.49. The van der Waals surface area contributed by atoms with Gasteiger partial charge in [0.25, 0.3) is 5.91 Å². The molecule has 0 spiro atoms. The van der Waals surface area contributed by atoms with Crippen LogP contribution >= 0.6 is 23.4 Å². The molecule has 1 heterocycles. The molecule has 1 fully saturated rings. The zero-order chi connectivity index (χ0) is 21.3. The number of nitrogens with zero attached hydrogens (tertiary/aromatic N) is 3. The van der Waals surface area contributed by atoms with Gasteiger partial charge in [-0.15, -0.1) is 16.8 Å². The summed E-state index contributed by atoms with van der Waals surface area (Å²) < 4.78 is 1.85. The van der Waals surface area contributed by atoms with Gasteiger partial charge in [-0.25, -0.2) is 0 Å². The Morgan fingerprint density at radius 3 is 2.63 bits per heavy atom. The maximum atomic E-state index is 12.3. The van der Waals surface area contributed by atoms with Gasteiger partial charge < -0.3 is 15.2 Å². The van der Waals surface area contributed by atoms with E-state index in [1.54, 1.807) is 30.3 Å². The number of hydrogen-bond donors (Lipinski definition) is 2. The molecule has 1 aromatic carbocycles. The number of allylic oxidation sites excluding steroid dienone is 1. The Morgan fingerprint density at radius 1 is 1.20 bits per heavy atom. The van der Waals surface area contributed by atoms with E-state index in [2.05, 4.69) is 27.4 Å². The van der Waals surface area contributed by atoms with Crippen molar-refractivity contribution in [1.82, 2.24) is 25.4 Å². The molecular weight excluding hydrogens is 422 g/mol. The molecule has 1 aromatic heterocycles. The number of halogens is 1. The van der Waals surface area contributed by atoms with E-state index >= 15 is 0 Å². The molecule has 2 aromatic rings. The van der Waals surface area contributed by atoms with Crippen LogP contribution in [0.3, 0.4) is 0 Å². The standard InChI is InChI=1S/C21H26ClN5O2S/c1-2-12-27-18(13-23-20(29)15-8-10-16(22)11-9-15)25-26-21(27)30-14-19(28)24-17-6-4-3-5-7-17/h2,8-11,17H,1,3-7,12-14H2,(H,23,29)(H,24,28). The first kappa shape index (κ1) is 22.4. The number of carbonyl (C=O) groups is 2. The molecule has 0 bridgehead atoms. The molecule has 160 valence electrons. The van der Waals surface area contributed by atoms with Crippen LogP contribution in [0.25, 0.3) is 0 Å². The molecule has 0 atom stereocenters. The van der Waals surface area contributed by atoms with Gasteiger partial charge in [-0.1, -0.05) is 48.7 Å². The molecule has 1 aliphatic rings. The highest BCUT2D eigenvalue weighted by Crippen LogP contribution is 2.20. The maximum absolute atomic E-state index is 12.3. The molecule has 0 radical (unpaired) electrons. The van der Waals surface area contributed by atoms with E-state index < -0.39 is 0 Å². The SMILES string of the molecule is C=CCn1c(CNC(=O)c2ccc(Cl)cc2)nnc1SCC(=O)NC1CCCCC1. The van der Waals surface area contributed by atoms with Crippen LogP contribution in [0, 0.1) is 0 Å². The lowest BCUT2D eigenvalue weighted by Crippen LogP contribution is -2.37. The van der Waals surface area contributed by atoms with Crippen molar-refractivity contribution in [3.8, 4) is 0 Å². The van der Waals surface area contributed by atoms with Crippen LogP contribution in [0.5, 0.6) is 0 Å². The Labute approximate surface area is 185 Å². The molecule has 0 unspecified atom stereocenters. The predicted octanol–water partition coefficient (Wildman–Crippen LogP) is 3.59. The van der Waals surface area contributed by atoms with Crippen LogP contribution in [0.4, 0.5) is 0 Å². The molecule has 9 heteroatoms. The smallest absolute Gasteiger partial charge is 0.251 e. The van der Waals surface area contributed by atoms with Crippen LogP contribution in [-0.4, -0.2) is 38.4 Å². The predicted molar refractivity (Wildman–Crippen MR) is 119 cm³/mol. The van der Waals surface area contributed by atoms with Gasteiger partial charge in [0.15, 0.2) is 11.0 Å². The van der Waals surface area contributed by atoms with Gasteiger partial charge in [0.05, 0.1) is 12.3 Å². The Bertz CT molecular complexity index is 878. The number of hydrogen-bond acceptors (Lipinski definition) is 5. The maximum Gasteiger partial charge on any atom is 0.251 e. The summed E-state index contributed by atoms with van der Waals surface area (Å²) in [6.07, 6.45) is 7.46. The monoisotopic (exact) mass is 447 g/mol. The summed E-state index contributed by atoms with van der Waals surface area (Å²) in [5.74, 6) is 0.675. The summed E-state index contributed by atoms with van der Waals surface area (Å²) >= 11 is 7.20. The van der Waals surface area contributed by atoms with E-state index in [0.717, 1.165) is 12.8 Å². The average molecular weight is 448 g/mol. The van der Waals surface area contributed by atoms with E-state index in [1.165, 1.54) is 31.0 Å². The number of benzene rings is 1.